The summed E-state index contributed by atoms with van der Waals surface area (Å²) in [5.74, 6) is 0.428. The lowest BCUT2D eigenvalue weighted by molar-refractivity contribution is -0.152. The zero-order valence-electron chi connectivity index (χ0n) is 10.8. The van der Waals surface area contributed by atoms with Crippen molar-refractivity contribution in [2.45, 2.75) is 33.2 Å². The number of nitrogens with zero attached hydrogens (tertiary/aromatic N) is 1. The lowest BCUT2D eigenvalue weighted by Gasteiger charge is -2.38. The van der Waals surface area contributed by atoms with Crippen LogP contribution in [0.25, 0.3) is 0 Å². The summed E-state index contributed by atoms with van der Waals surface area (Å²) in [6, 6.07) is 0.224. The van der Waals surface area contributed by atoms with Gasteiger partial charge in [-0.1, -0.05) is 6.92 Å². The Hall–Kier alpha value is -0.610. The summed E-state index contributed by atoms with van der Waals surface area (Å²) >= 11 is 0. The number of piperidine rings is 1. The van der Waals surface area contributed by atoms with Crippen LogP contribution in [0.5, 0.6) is 0 Å². The third-order valence-electron chi connectivity index (χ3n) is 3.46. The van der Waals surface area contributed by atoms with E-state index < -0.39 is 5.41 Å². The number of likely N-dealkylation sites (tertiary alicyclic amines) is 1. The quantitative estimate of drug-likeness (QED) is 0.728. The summed E-state index contributed by atoms with van der Waals surface area (Å²) in [4.78, 5) is 13.8. The van der Waals surface area contributed by atoms with Crippen molar-refractivity contribution in [3.63, 3.8) is 0 Å². The van der Waals surface area contributed by atoms with E-state index in [4.69, 9.17) is 10.5 Å². The molecule has 0 amide bonds. The van der Waals surface area contributed by atoms with Crippen LogP contribution in [0.3, 0.4) is 0 Å². The van der Waals surface area contributed by atoms with Crippen LogP contribution in [0, 0.1) is 11.3 Å². The molecule has 1 aliphatic rings. The Morgan fingerprint density at radius 1 is 1.56 bits per heavy atom. The Morgan fingerprint density at radius 2 is 2.19 bits per heavy atom. The zero-order chi connectivity index (χ0) is 12.3. The smallest absolute Gasteiger partial charge is 0.312 e. The summed E-state index contributed by atoms with van der Waals surface area (Å²) in [7, 11) is 1.44. The molecule has 2 atom stereocenters. The van der Waals surface area contributed by atoms with Gasteiger partial charge in [0, 0.05) is 19.1 Å². The molecule has 4 nitrogen and oxygen atoms in total. The van der Waals surface area contributed by atoms with Gasteiger partial charge in [-0.3, -0.25) is 4.79 Å². The average Bonchev–Trinajstić information content (AvgIpc) is 2.22. The summed E-state index contributed by atoms with van der Waals surface area (Å²) in [5.41, 5.74) is 5.59. The summed E-state index contributed by atoms with van der Waals surface area (Å²) < 4.78 is 4.81. The largest absolute Gasteiger partial charge is 0.469 e. The molecule has 1 saturated heterocycles. The molecule has 0 aromatic heterocycles. The molecular weight excluding hydrogens is 204 g/mol. The molecule has 0 spiro atoms. The predicted molar refractivity (Wildman–Crippen MR) is 64.0 cm³/mol. The fourth-order valence-electron chi connectivity index (χ4n) is 2.21. The van der Waals surface area contributed by atoms with Gasteiger partial charge < -0.3 is 15.4 Å². The molecule has 1 fully saturated rings. The fraction of sp³-hybridized carbons (Fsp3) is 0.917. The van der Waals surface area contributed by atoms with Crippen molar-refractivity contribution in [1.82, 2.24) is 4.90 Å². The summed E-state index contributed by atoms with van der Waals surface area (Å²) in [6.45, 7) is 8.65. The van der Waals surface area contributed by atoms with E-state index in [2.05, 4.69) is 11.8 Å². The van der Waals surface area contributed by atoms with Crippen molar-refractivity contribution in [2.75, 3.05) is 26.7 Å². The van der Waals surface area contributed by atoms with Crippen LogP contribution in [-0.4, -0.2) is 43.7 Å². The number of carbonyl (C=O) groups is 1. The van der Waals surface area contributed by atoms with Gasteiger partial charge in [0.05, 0.1) is 12.5 Å². The maximum Gasteiger partial charge on any atom is 0.312 e. The monoisotopic (exact) mass is 228 g/mol. The number of ether oxygens (including phenoxy) is 1. The van der Waals surface area contributed by atoms with Crippen LogP contribution in [-0.2, 0) is 9.53 Å². The average molecular weight is 228 g/mol. The number of rotatable bonds is 3. The molecule has 4 heteroatoms. The predicted octanol–water partition coefficient (Wildman–Crippen LogP) is 0.855. The molecule has 2 unspecified atom stereocenters. The number of hydrogen-bond donors (Lipinski definition) is 1. The maximum absolute atomic E-state index is 11.6. The van der Waals surface area contributed by atoms with Crippen molar-refractivity contribution in [1.29, 1.82) is 0 Å². The highest BCUT2D eigenvalue weighted by atomic mass is 16.5. The molecule has 94 valence electrons. The molecule has 0 aromatic rings. The Morgan fingerprint density at radius 3 is 2.69 bits per heavy atom. The van der Waals surface area contributed by atoms with E-state index in [1.54, 1.807) is 0 Å². The third kappa shape index (κ3) is 3.19. The first-order chi connectivity index (χ1) is 7.36. The highest BCUT2D eigenvalue weighted by Gasteiger charge is 2.33. The molecule has 2 N–H and O–H groups in total. The summed E-state index contributed by atoms with van der Waals surface area (Å²) in [6.07, 6.45) is 1.11. The van der Waals surface area contributed by atoms with Crippen LogP contribution in [0.4, 0.5) is 0 Å². The second kappa shape index (κ2) is 5.15. The normalized spacial score (nSPS) is 27.8. The number of nitrogens with two attached hydrogens (primary N) is 1. The minimum absolute atomic E-state index is 0.153. The molecule has 16 heavy (non-hydrogen) atoms. The van der Waals surface area contributed by atoms with Crippen molar-refractivity contribution >= 4 is 5.97 Å². The standard InChI is InChI=1S/C12H24N2O2/c1-9-5-6-14(7-10(9)13)8-12(2,3)11(15)16-4/h9-10H,5-8,13H2,1-4H3. The van der Waals surface area contributed by atoms with Gasteiger partial charge in [-0.05, 0) is 32.7 Å². The number of methoxy groups -OCH3 is 1. The molecule has 0 radical (unpaired) electrons. The van der Waals surface area contributed by atoms with Gasteiger partial charge >= 0.3 is 5.97 Å². The number of hydrogen-bond acceptors (Lipinski definition) is 4. The van der Waals surface area contributed by atoms with Crippen molar-refractivity contribution in [3.05, 3.63) is 0 Å². The van der Waals surface area contributed by atoms with E-state index in [1.807, 2.05) is 13.8 Å². The van der Waals surface area contributed by atoms with Gasteiger partial charge in [0.1, 0.15) is 0 Å². The molecule has 1 heterocycles. The highest BCUT2D eigenvalue weighted by Crippen LogP contribution is 2.23. The third-order valence-corrected chi connectivity index (χ3v) is 3.46. The van der Waals surface area contributed by atoms with E-state index in [0.29, 0.717) is 5.92 Å². The Labute approximate surface area is 98.1 Å². The fourth-order valence-corrected chi connectivity index (χ4v) is 2.21. The van der Waals surface area contributed by atoms with Crippen LogP contribution in [0.1, 0.15) is 27.2 Å². The van der Waals surface area contributed by atoms with E-state index in [1.165, 1.54) is 7.11 Å². The topological polar surface area (TPSA) is 55.6 Å². The molecule has 0 aromatic carbocycles. The van der Waals surface area contributed by atoms with Gasteiger partial charge in [-0.2, -0.15) is 0 Å². The van der Waals surface area contributed by atoms with E-state index in [9.17, 15) is 4.79 Å². The minimum atomic E-state index is -0.449. The van der Waals surface area contributed by atoms with Crippen molar-refractivity contribution < 1.29 is 9.53 Å². The first kappa shape index (κ1) is 13.5. The Kier molecular flexibility index (Phi) is 4.33. The molecule has 0 aliphatic carbocycles. The second-order valence-corrected chi connectivity index (χ2v) is 5.54. The van der Waals surface area contributed by atoms with Gasteiger partial charge in [0.15, 0.2) is 0 Å². The number of esters is 1. The molecule has 0 saturated carbocycles. The lowest BCUT2D eigenvalue weighted by Crippen LogP contribution is -2.51. The maximum atomic E-state index is 11.6. The van der Waals surface area contributed by atoms with Crippen molar-refractivity contribution in [2.24, 2.45) is 17.1 Å². The van der Waals surface area contributed by atoms with Gasteiger partial charge in [-0.25, -0.2) is 0 Å². The Balaban J connectivity index is 2.51. The molecule has 1 rings (SSSR count). The first-order valence-corrected chi connectivity index (χ1v) is 5.93. The van der Waals surface area contributed by atoms with E-state index in [-0.39, 0.29) is 12.0 Å². The summed E-state index contributed by atoms with van der Waals surface area (Å²) in [5, 5.41) is 0. The van der Waals surface area contributed by atoms with E-state index >= 15 is 0 Å². The van der Waals surface area contributed by atoms with Crippen LogP contribution >= 0.6 is 0 Å². The van der Waals surface area contributed by atoms with Gasteiger partial charge in [0.2, 0.25) is 0 Å². The van der Waals surface area contributed by atoms with Gasteiger partial charge in [-0.15, -0.1) is 0 Å². The number of carbonyl (C=O) groups excluding carboxylic acids is 1. The minimum Gasteiger partial charge on any atom is -0.469 e. The molecule has 1 aliphatic heterocycles. The molecule has 0 bridgehead atoms. The van der Waals surface area contributed by atoms with Crippen LogP contribution in [0.15, 0.2) is 0 Å². The lowest BCUT2D eigenvalue weighted by atomic mass is 9.89. The first-order valence-electron chi connectivity index (χ1n) is 5.93. The second-order valence-electron chi connectivity index (χ2n) is 5.54. The SMILES string of the molecule is COC(=O)C(C)(C)CN1CCC(C)C(N)C1. The zero-order valence-corrected chi connectivity index (χ0v) is 10.8. The Bertz CT molecular complexity index is 253. The van der Waals surface area contributed by atoms with E-state index in [0.717, 1.165) is 26.1 Å². The van der Waals surface area contributed by atoms with Crippen LogP contribution in [0.2, 0.25) is 0 Å². The van der Waals surface area contributed by atoms with Crippen molar-refractivity contribution in [3.8, 4) is 0 Å². The van der Waals surface area contributed by atoms with Gasteiger partial charge in [0.25, 0.3) is 0 Å². The highest BCUT2D eigenvalue weighted by molar-refractivity contribution is 5.76. The van der Waals surface area contributed by atoms with Crippen LogP contribution < -0.4 is 5.73 Å². The molecular formula is C12H24N2O2.